The molecule has 0 fully saturated rings. The van der Waals surface area contributed by atoms with Gasteiger partial charge in [0.05, 0.1) is 7.11 Å². The summed E-state index contributed by atoms with van der Waals surface area (Å²) in [5.41, 5.74) is 0. The van der Waals surface area contributed by atoms with E-state index in [1.807, 2.05) is 0 Å². The number of ether oxygens (including phenoxy) is 2. The van der Waals surface area contributed by atoms with E-state index in [4.69, 9.17) is 9.47 Å². The third-order valence-corrected chi connectivity index (χ3v) is 1.45. The number of rotatable bonds is 3. The highest BCUT2D eigenvalue weighted by molar-refractivity contribution is 5.83. The van der Waals surface area contributed by atoms with E-state index in [0.717, 1.165) is 6.08 Å². The summed E-state index contributed by atoms with van der Waals surface area (Å²) in [4.78, 5) is 10.9. The molecule has 0 aromatic heterocycles. The van der Waals surface area contributed by atoms with Gasteiger partial charge in [-0.25, -0.2) is 4.79 Å². The van der Waals surface area contributed by atoms with Crippen LogP contribution in [0.15, 0.2) is 36.9 Å². The van der Waals surface area contributed by atoms with Crippen molar-refractivity contribution >= 4 is 5.97 Å². The second-order valence-electron chi connectivity index (χ2n) is 2.28. The summed E-state index contributed by atoms with van der Waals surface area (Å²) >= 11 is 0. The third-order valence-electron chi connectivity index (χ3n) is 1.45. The van der Waals surface area contributed by atoms with E-state index in [9.17, 15) is 4.79 Å². The van der Waals surface area contributed by atoms with Crippen LogP contribution in [-0.2, 0) is 4.79 Å². The smallest absolute Gasteiger partial charge is 0.335 e. The van der Waals surface area contributed by atoms with Gasteiger partial charge in [0, 0.05) is 6.08 Å². The van der Waals surface area contributed by atoms with Crippen LogP contribution in [0.25, 0.3) is 0 Å². The molecule has 3 nitrogen and oxygen atoms in total. The van der Waals surface area contributed by atoms with Gasteiger partial charge in [-0.05, 0) is 12.1 Å². The van der Waals surface area contributed by atoms with E-state index in [-0.39, 0.29) is 0 Å². The second-order valence-corrected chi connectivity index (χ2v) is 2.28. The van der Waals surface area contributed by atoms with E-state index in [1.54, 1.807) is 24.3 Å². The fourth-order valence-corrected chi connectivity index (χ4v) is 0.853. The van der Waals surface area contributed by atoms with Crippen molar-refractivity contribution in [2.45, 2.75) is 0 Å². The maximum absolute atomic E-state index is 10.9. The molecule has 0 bridgehead atoms. The minimum absolute atomic E-state index is 0.398. The Kier molecular flexibility index (Phi) is 3.09. The summed E-state index contributed by atoms with van der Waals surface area (Å²) in [7, 11) is 1.51. The third kappa shape index (κ3) is 2.33. The molecule has 0 spiro atoms. The Balaban J connectivity index is 2.86. The Hall–Kier alpha value is -1.77. The van der Waals surface area contributed by atoms with Crippen LogP contribution >= 0.6 is 0 Å². The van der Waals surface area contributed by atoms with Gasteiger partial charge < -0.3 is 9.47 Å². The average Bonchev–Trinajstić information content (AvgIpc) is 2.18. The number of esters is 1. The summed E-state index contributed by atoms with van der Waals surface area (Å²) in [5, 5.41) is 0. The van der Waals surface area contributed by atoms with Crippen LogP contribution in [-0.4, -0.2) is 13.1 Å². The summed E-state index contributed by atoms with van der Waals surface area (Å²) in [6, 6.07) is 6.92. The van der Waals surface area contributed by atoms with Crippen molar-refractivity contribution < 1.29 is 14.3 Å². The summed E-state index contributed by atoms with van der Waals surface area (Å²) in [6.07, 6.45) is 1.10. The summed E-state index contributed by atoms with van der Waals surface area (Å²) in [5.74, 6) is 0.428. The molecule has 0 atom stereocenters. The van der Waals surface area contributed by atoms with Gasteiger partial charge in [-0.3, -0.25) is 0 Å². The first-order valence-corrected chi connectivity index (χ1v) is 3.75. The van der Waals surface area contributed by atoms with Crippen LogP contribution in [0.2, 0.25) is 0 Å². The zero-order chi connectivity index (χ0) is 9.68. The number of para-hydroxylation sites is 2. The molecule has 0 N–H and O–H groups in total. The number of benzene rings is 1. The normalized spacial score (nSPS) is 9.00. The SMILES string of the molecule is C=CC(=O)Oc1ccccc1OC. The van der Waals surface area contributed by atoms with E-state index >= 15 is 0 Å². The lowest BCUT2D eigenvalue weighted by atomic mass is 10.3. The Morgan fingerprint density at radius 2 is 2.00 bits per heavy atom. The van der Waals surface area contributed by atoms with Crippen LogP contribution in [0.4, 0.5) is 0 Å². The van der Waals surface area contributed by atoms with E-state index in [2.05, 4.69) is 6.58 Å². The molecule has 0 aliphatic heterocycles. The second kappa shape index (κ2) is 4.30. The number of hydrogen-bond donors (Lipinski definition) is 0. The number of hydrogen-bond acceptors (Lipinski definition) is 3. The van der Waals surface area contributed by atoms with Crippen LogP contribution in [0.5, 0.6) is 11.5 Å². The lowest BCUT2D eigenvalue weighted by molar-refractivity contribution is -0.129. The topological polar surface area (TPSA) is 35.5 Å². The Bertz CT molecular complexity index is 318. The summed E-state index contributed by atoms with van der Waals surface area (Å²) in [6.45, 7) is 3.30. The molecule has 1 aromatic carbocycles. The lowest BCUT2D eigenvalue weighted by Crippen LogP contribution is -2.04. The molecule has 13 heavy (non-hydrogen) atoms. The average molecular weight is 178 g/mol. The van der Waals surface area contributed by atoms with Gasteiger partial charge in [-0.2, -0.15) is 0 Å². The standard InChI is InChI=1S/C10H10O3/c1-3-10(11)13-9-7-5-4-6-8(9)12-2/h3-7H,1H2,2H3. The van der Waals surface area contributed by atoms with Gasteiger partial charge in [0.25, 0.3) is 0 Å². The Labute approximate surface area is 76.6 Å². The first-order valence-electron chi connectivity index (χ1n) is 3.75. The molecule has 0 aliphatic rings. The van der Waals surface area contributed by atoms with Crippen LogP contribution in [0.1, 0.15) is 0 Å². The molecule has 0 amide bonds. The number of carbonyl (C=O) groups is 1. The predicted octanol–water partition coefficient (Wildman–Crippen LogP) is 1.79. The van der Waals surface area contributed by atoms with Crippen molar-refractivity contribution in [3.05, 3.63) is 36.9 Å². The molecular weight excluding hydrogens is 168 g/mol. The van der Waals surface area contributed by atoms with Gasteiger partial charge in [0.1, 0.15) is 0 Å². The maximum Gasteiger partial charge on any atom is 0.335 e. The highest BCUT2D eigenvalue weighted by Crippen LogP contribution is 2.25. The van der Waals surface area contributed by atoms with Crippen LogP contribution in [0, 0.1) is 0 Å². The van der Waals surface area contributed by atoms with Crippen molar-refractivity contribution in [1.82, 2.24) is 0 Å². The molecule has 0 aliphatic carbocycles. The van der Waals surface area contributed by atoms with Crippen molar-refractivity contribution in [2.24, 2.45) is 0 Å². The Morgan fingerprint density at radius 3 is 2.54 bits per heavy atom. The van der Waals surface area contributed by atoms with E-state index in [1.165, 1.54) is 7.11 Å². The Morgan fingerprint density at radius 1 is 1.38 bits per heavy atom. The fourth-order valence-electron chi connectivity index (χ4n) is 0.853. The predicted molar refractivity (Wildman–Crippen MR) is 48.8 cm³/mol. The zero-order valence-electron chi connectivity index (χ0n) is 7.32. The molecule has 0 saturated carbocycles. The first-order chi connectivity index (χ1) is 6.27. The molecule has 0 saturated heterocycles. The maximum atomic E-state index is 10.9. The largest absolute Gasteiger partial charge is 0.493 e. The fraction of sp³-hybridized carbons (Fsp3) is 0.100. The highest BCUT2D eigenvalue weighted by Gasteiger charge is 2.04. The van der Waals surface area contributed by atoms with Gasteiger partial charge in [-0.1, -0.05) is 18.7 Å². The quantitative estimate of drug-likeness (QED) is 0.402. The van der Waals surface area contributed by atoms with Crippen LogP contribution in [0.3, 0.4) is 0 Å². The first kappa shape index (κ1) is 9.32. The van der Waals surface area contributed by atoms with E-state index in [0.29, 0.717) is 11.5 Å². The van der Waals surface area contributed by atoms with Gasteiger partial charge in [0.15, 0.2) is 11.5 Å². The number of methoxy groups -OCH3 is 1. The molecule has 0 radical (unpaired) electrons. The van der Waals surface area contributed by atoms with Crippen molar-refractivity contribution in [3.8, 4) is 11.5 Å². The van der Waals surface area contributed by atoms with Crippen molar-refractivity contribution in [1.29, 1.82) is 0 Å². The van der Waals surface area contributed by atoms with Crippen LogP contribution < -0.4 is 9.47 Å². The van der Waals surface area contributed by atoms with Gasteiger partial charge >= 0.3 is 5.97 Å². The highest BCUT2D eigenvalue weighted by atomic mass is 16.6. The molecule has 68 valence electrons. The minimum atomic E-state index is -0.496. The van der Waals surface area contributed by atoms with Gasteiger partial charge in [0.2, 0.25) is 0 Å². The summed E-state index contributed by atoms with van der Waals surface area (Å²) < 4.78 is 9.88. The van der Waals surface area contributed by atoms with E-state index < -0.39 is 5.97 Å². The molecule has 3 heteroatoms. The zero-order valence-corrected chi connectivity index (χ0v) is 7.32. The molecule has 0 heterocycles. The van der Waals surface area contributed by atoms with Crippen molar-refractivity contribution in [3.63, 3.8) is 0 Å². The van der Waals surface area contributed by atoms with Crippen molar-refractivity contribution in [2.75, 3.05) is 7.11 Å². The molecule has 1 rings (SSSR count). The van der Waals surface area contributed by atoms with Gasteiger partial charge in [-0.15, -0.1) is 0 Å². The molecule has 0 unspecified atom stereocenters. The molecular formula is C10H10O3. The molecule has 1 aromatic rings. The lowest BCUT2D eigenvalue weighted by Gasteiger charge is -2.06. The minimum Gasteiger partial charge on any atom is -0.493 e. The number of carbonyl (C=O) groups excluding carboxylic acids is 1. The monoisotopic (exact) mass is 178 g/mol.